The third kappa shape index (κ3) is 2.94. The van der Waals surface area contributed by atoms with Crippen molar-refractivity contribution in [3.05, 3.63) is 69.7 Å². The smallest absolute Gasteiger partial charge is 0.261 e. The fourth-order valence-electron chi connectivity index (χ4n) is 2.12. The summed E-state index contributed by atoms with van der Waals surface area (Å²) in [5.74, 6) is -0.362. The molecule has 0 aliphatic carbocycles. The molecule has 110 valence electrons. The second-order valence-electron chi connectivity index (χ2n) is 4.99. The molecular weight excluding hydrogens is 344 g/mol. The molecule has 3 aromatic rings. The Morgan fingerprint density at radius 3 is 2.59 bits per heavy atom. The first-order chi connectivity index (χ1) is 10.5. The number of nitrogens with one attached hydrogen (secondary N) is 2. The lowest BCUT2D eigenvalue weighted by molar-refractivity contribution is 0.102. The van der Waals surface area contributed by atoms with Crippen molar-refractivity contribution in [1.29, 1.82) is 5.41 Å². The minimum Gasteiger partial charge on any atom is -0.438 e. The van der Waals surface area contributed by atoms with Crippen molar-refractivity contribution in [2.45, 2.75) is 6.92 Å². The summed E-state index contributed by atoms with van der Waals surface area (Å²) in [4.78, 5) is 12.3. The van der Waals surface area contributed by atoms with Crippen molar-refractivity contribution in [3.63, 3.8) is 0 Å². The highest BCUT2D eigenvalue weighted by Crippen LogP contribution is 2.19. The molecule has 3 rings (SSSR count). The van der Waals surface area contributed by atoms with E-state index in [0.717, 1.165) is 15.4 Å². The van der Waals surface area contributed by atoms with Crippen molar-refractivity contribution in [2.75, 3.05) is 5.32 Å². The number of benzene rings is 2. The van der Waals surface area contributed by atoms with E-state index in [2.05, 4.69) is 21.2 Å². The van der Waals surface area contributed by atoms with Gasteiger partial charge in [-0.15, -0.1) is 0 Å². The number of carbonyl (C=O) groups excluding carboxylic acids is 1. The fraction of sp³-hybridized carbons (Fsp3) is 0.0588. The summed E-state index contributed by atoms with van der Waals surface area (Å²) in [6.07, 6.45) is 0. The van der Waals surface area contributed by atoms with E-state index in [0.29, 0.717) is 11.3 Å². The molecule has 2 aromatic carbocycles. The normalized spacial score (nSPS) is 10.6. The zero-order chi connectivity index (χ0) is 15.7. The first kappa shape index (κ1) is 14.5. The summed E-state index contributed by atoms with van der Waals surface area (Å²) in [7, 11) is 0. The van der Waals surface area contributed by atoms with E-state index < -0.39 is 0 Å². The average Bonchev–Trinajstić information content (AvgIpc) is 2.49. The van der Waals surface area contributed by atoms with Gasteiger partial charge in [0.15, 0.2) is 0 Å². The maximum atomic E-state index is 12.3. The first-order valence-corrected chi connectivity index (χ1v) is 7.48. The minimum absolute atomic E-state index is 0.153. The number of amides is 1. The Bertz CT molecular complexity index is 914. The molecule has 4 nitrogen and oxygen atoms in total. The highest BCUT2D eigenvalue weighted by atomic mass is 79.9. The monoisotopic (exact) mass is 356 g/mol. The maximum absolute atomic E-state index is 12.3. The Labute approximate surface area is 135 Å². The topological polar surface area (TPSA) is 66.1 Å². The van der Waals surface area contributed by atoms with Crippen LogP contribution in [0.2, 0.25) is 0 Å². The Kier molecular flexibility index (Phi) is 3.81. The lowest BCUT2D eigenvalue weighted by Gasteiger charge is -2.06. The van der Waals surface area contributed by atoms with E-state index in [-0.39, 0.29) is 17.0 Å². The summed E-state index contributed by atoms with van der Waals surface area (Å²) in [5, 5.41) is 11.4. The molecule has 0 aliphatic heterocycles. The predicted molar refractivity (Wildman–Crippen MR) is 88.9 cm³/mol. The number of carbonyl (C=O) groups is 1. The zero-order valence-electron chi connectivity index (χ0n) is 11.8. The van der Waals surface area contributed by atoms with Gasteiger partial charge in [0.2, 0.25) is 5.55 Å². The molecule has 2 N–H and O–H groups in total. The zero-order valence-corrected chi connectivity index (χ0v) is 13.4. The van der Waals surface area contributed by atoms with Gasteiger partial charge in [0, 0.05) is 15.5 Å². The number of fused-ring (bicyclic) bond motifs is 1. The third-order valence-corrected chi connectivity index (χ3v) is 3.78. The van der Waals surface area contributed by atoms with Gasteiger partial charge in [-0.25, -0.2) is 0 Å². The third-order valence-electron chi connectivity index (χ3n) is 3.28. The van der Waals surface area contributed by atoms with E-state index in [1.54, 1.807) is 12.1 Å². The molecule has 22 heavy (non-hydrogen) atoms. The summed E-state index contributed by atoms with van der Waals surface area (Å²) in [6.45, 7) is 1.98. The van der Waals surface area contributed by atoms with Crippen molar-refractivity contribution in [2.24, 2.45) is 0 Å². The van der Waals surface area contributed by atoms with Crippen LogP contribution in [0.1, 0.15) is 15.9 Å². The molecule has 0 radical (unpaired) electrons. The van der Waals surface area contributed by atoms with Crippen LogP contribution in [0, 0.1) is 12.3 Å². The summed E-state index contributed by atoms with van der Waals surface area (Å²) >= 11 is 3.38. The molecule has 0 bridgehead atoms. The lowest BCUT2D eigenvalue weighted by atomic mass is 10.1. The Morgan fingerprint density at radius 2 is 1.86 bits per heavy atom. The number of rotatable bonds is 2. The van der Waals surface area contributed by atoms with E-state index in [1.807, 2.05) is 43.3 Å². The van der Waals surface area contributed by atoms with Crippen LogP contribution in [-0.4, -0.2) is 5.91 Å². The Hall–Kier alpha value is -2.40. The molecule has 0 spiro atoms. The van der Waals surface area contributed by atoms with Gasteiger partial charge in [0.1, 0.15) is 11.1 Å². The summed E-state index contributed by atoms with van der Waals surface area (Å²) < 4.78 is 6.30. The highest BCUT2D eigenvalue weighted by Gasteiger charge is 2.12. The molecule has 5 heteroatoms. The fourth-order valence-corrected chi connectivity index (χ4v) is 2.49. The van der Waals surface area contributed by atoms with E-state index in [4.69, 9.17) is 9.83 Å². The molecule has 1 amide bonds. The van der Waals surface area contributed by atoms with Crippen LogP contribution in [0.25, 0.3) is 11.0 Å². The average molecular weight is 357 g/mol. The van der Waals surface area contributed by atoms with E-state index in [9.17, 15) is 4.79 Å². The molecule has 0 aliphatic rings. The molecule has 1 aromatic heterocycles. The second kappa shape index (κ2) is 5.77. The number of hydrogen-bond acceptors (Lipinski definition) is 3. The van der Waals surface area contributed by atoms with Gasteiger partial charge in [0.05, 0.1) is 0 Å². The van der Waals surface area contributed by atoms with Gasteiger partial charge in [0.25, 0.3) is 5.91 Å². The van der Waals surface area contributed by atoms with E-state index in [1.165, 1.54) is 0 Å². The number of aryl methyl sites for hydroxylation is 1. The molecule has 0 saturated carbocycles. The number of anilines is 1. The molecule has 0 unspecified atom stereocenters. The Balaban J connectivity index is 1.98. The SMILES string of the molecule is Cc1ccc(NC(=O)c2cc3cc(Br)ccc3oc2=N)cc1. The largest absolute Gasteiger partial charge is 0.438 e. The van der Waals surface area contributed by atoms with Crippen LogP contribution in [-0.2, 0) is 0 Å². The van der Waals surface area contributed by atoms with E-state index >= 15 is 0 Å². The number of hydrogen-bond donors (Lipinski definition) is 2. The standard InChI is InChI=1S/C17H13BrN2O2/c1-10-2-5-13(6-3-10)20-17(21)14-9-11-8-12(18)4-7-15(11)22-16(14)19/h2-9,19H,1H3,(H,20,21). The lowest BCUT2D eigenvalue weighted by Crippen LogP contribution is -2.20. The van der Waals surface area contributed by atoms with Crippen molar-refractivity contribution in [3.8, 4) is 0 Å². The van der Waals surface area contributed by atoms with Crippen LogP contribution in [0.5, 0.6) is 0 Å². The number of halogens is 1. The quantitative estimate of drug-likeness (QED) is 0.721. The van der Waals surface area contributed by atoms with Gasteiger partial charge in [-0.05, 0) is 43.3 Å². The van der Waals surface area contributed by atoms with Gasteiger partial charge < -0.3 is 9.73 Å². The van der Waals surface area contributed by atoms with Gasteiger partial charge in [-0.3, -0.25) is 10.2 Å². The van der Waals surface area contributed by atoms with Crippen molar-refractivity contribution >= 4 is 38.5 Å². The van der Waals surface area contributed by atoms with Gasteiger partial charge >= 0.3 is 0 Å². The van der Waals surface area contributed by atoms with Crippen LogP contribution in [0.4, 0.5) is 5.69 Å². The van der Waals surface area contributed by atoms with Crippen LogP contribution >= 0.6 is 15.9 Å². The van der Waals surface area contributed by atoms with Crippen LogP contribution in [0.15, 0.2) is 57.4 Å². The maximum Gasteiger partial charge on any atom is 0.261 e. The highest BCUT2D eigenvalue weighted by molar-refractivity contribution is 9.10. The molecular formula is C17H13BrN2O2. The summed E-state index contributed by atoms with van der Waals surface area (Å²) in [5.41, 5.74) is 2.42. The first-order valence-electron chi connectivity index (χ1n) is 6.69. The molecule has 0 atom stereocenters. The van der Waals surface area contributed by atoms with Crippen LogP contribution < -0.4 is 10.9 Å². The van der Waals surface area contributed by atoms with Crippen molar-refractivity contribution < 1.29 is 9.21 Å². The second-order valence-corrected chi connectivity index (χ2v) is 5.91. The van der Waals surface area contributed by atoms with Crippen LogP contribution in [0.3, 0.4) is 0 Å². The predicted octanol–water partition coefficient (Wildman–Crippen LogP) is 4.24. The molecule has 0 saturated heterocycles. The molecule has 1 heterocycles. The minimum atomic E-state index is -0.362. The van der Waals surface area contributed by atoms with Crippen molar-refractivity contribution in [1.82, 2.24) is 0 Å². The van der Waals surface area contributed by atoms with Gasteiger partial charge in [-0.1, -0.05) is 33.6 Å². The van der Waals surface area contributed by atoms with Gasteiger partial charge in [-0.2, -0.15) is 0 Å². The molecule has 0 fully saturated rings. The summed E-state index contributed by atoms with van der Waals surface area (Å²) in [6, 6.07) is 14.6. The Morgan fingerprint density at radius 1 is 1.14 bits per heavy atom.